The average molecular weight is 387 g/mol. The molecule has 0 aromatic carbocycles. The van der Waals surface area contributed by atoms with Crippen molar-refractivity contribution in [2.24, 2.45) is 5.92 Å². The Kier molecular flexibility index (Phi) is 5.74. The van der Waals surface area contributed by atoms with Gasteiger partial charge in [-0.1, -0.05) is 13.8 Å². The summed E-state index contributed by atoms with van der Waals surface area (Å²) in [6.07, 6.45) is 9.40. The van der Waals surface area contributed by atoms with E-state index >= 15 is 0 Å². The molecule has 3 aliphatic rings. The van der Waals surface area contributed by atoms with Crippen LogP contribution in [0.2, 0.25) is 0 Å². The van der Waals surface area contributed by atoms with Crippen LogP contribution in [-0.2, 0) is 13.0 Å². The van der Waals surface area contributed by atoms with Gasteiger partial charge in [0.05, 0.1) is 5.69 Å². The smallest absolute Gasteiger partial charge is 0.289 e. The van der Waals surface area contributed by atoms with E-state index in [4.69, 9.17) is 4.98 Å². The summed E-state index contributed by atoms with van der Waals surface area (Å²) in [5.74, 6) is 1.24. The first-order chi connectivity index (χ1) is 13.6. The maximum atomic E-state index is 13.4. The van der Waals surface area contributed by atoms with E-state index in [-0.39, 0.29) is 11.8 Å². The van der Waals surface area contributed by atoms with Crippen LogP contribution in [0.5, 0.6) is 0 Å². The first-order valence-electron chi connectivity index (χ1n) is 11.3. The third-order valence-electron chi connectivity index (χ3n) is 6.94. The first kappa shape index (κ1) is 19.5. The molecule has 3 aliphatic heterocycles. The highest BCUT2D eigenvalue weighted by atomic mass is 16.2. The normalized spacial score (nSPS) is 23.6. The quantitative estimate of drug-likeness (QED) is 0.799. The van der Waals surface area contributed by atoms with Crippen molar-refractivity contribution in [1.82, 2.24) is 19.4 Å². The Morgan fingerprint density at radius 1 is 0.964 bits per heavy atom. The van der Waals surface area contributed by atoms with E-state index in [1.165, 1.54) is 6.42 Å². The van der Waals surface area contributed by atoms with Crippen molar-refractivity contribution in [3.63, 3.8) is 0 Å². The maximum absolute atomic E-state index is 13.4. The highest BCUT2D eigenvalue weighted by molar-refractivity contribution is 5.97. The molecule has 0 bridgehead atoms. The van der Waals surface area contributed by atoms with Crippen LogP contribution >= 0.6 is 0 Å². The van der Waals surface area contributed by atoms with Gasteiger partial charge in [-0.3, -0.25) is 9.59 Å². The standard InChI is InChI=1S/C22H34N4O2/c1-3-17-8-4-6-12-25(17)21(27)19-18-9-5-7-13-26(18)20(23-19)22(28)24-14-10-16(2)11-15-24/h16-17H,3-15H2,1-2H3. The number of amides is 2. The predicted octanol–water partition coefficient (Wildman–Crippen LogP) is 3.50. The fraction of sp³-hybridized carbons (Fsp3) is 0.773. The average Bonchev–Trinajstić information content (AvgIpc) is 3.13. The zero-order chi connectivity index (χ0) is 19.7. The molecule has 0 spiro atoms. The van der Waals surface area contributed by atoms with Gasteiger partial charge in [-0.05, 0) is 63.7 Å². The zero-order valence-corrected chi connectivity index (χ0v) is 17.5. The third kappa shape index (κ3) is 3.58. The zero-order valence-electron chi connectivity index (χ0n) is 17.5. The molecule has 154 valence electrons. The number of nitrogens with zero attached hydrogens (tertiary/aromatic N) is 4. The van der Waals surface area contributed by atoms with Crippen LogP contribution in [0.15, 0.2) is 0 Å². The number of imidazole rings is 1. The number of piperidine rings is 2. The van der Waals surface area contributed by atoms with E-state index in [1.807, 2.05) is 9.80 Å². The molecule has 0 N–H and O–H groups in total. The largest absolute Gasteiger partial charge is 0.336 e. The molecule has 1 aromatic heterocycles. The topological polar surface area (TPSA) is 58.4 Å². The minimum Gasteiger partial charge on any atom is -0.336 e. The summed E-state index contributed by atoms with van der Waals surface area (Å²) in [7, 11) is 0. The molecule has 0 radical (unpaired) electrons. The van der Waals surface area contributed by atoms with Crippen LogP contribution in [0, 0.1) is 5.92 Å². The van der Waals surface area contributed by atoms with Crippen molar-refractivity contribution in [3.8, 4) is 0 Å². The molecule has 4 rings (SSSR count). The second-order valence-electron chi connectivity index (χ2n) is 8.87. The Morgan fingerprint density at radius 3 is 2.46 bits per heavy atom. The minimum absolute atomic E-state index is 0.0137. The molecule has 0 saturated carbocycles. The van der Waals surface area contributed by atoms with Crippen LogP contribution in [0.3, 0.4) is 0 Å². The number of hydrogen-bond acceptors (Lipinski definition) is 3. The van der Waals surface area contributed by atoms with Crippen molar-refractivity contribution in [2.75, 3.05) is 19.6 Å². The maximum Gasteiger partial charge on any atom is 0.289 e. The molecule has 2 fully saturated rings. The van der Waals surface area contributed by atoms with Crippen molar-refractivity contribution >= 4 is 11.8 Å². The fourth-order valence-electron chi connectivity index (χ4n) is 5.06. The third-order valence-corrected chi connectivity index (χ3v) is 6.94. The summed E-state index contributed by atoms with van der Waals surface area (Å²) in [6, 6.07) is 0.310. The van der Waals surface area contributed by atoms with E-state index in [2.05, 4.69) is 18.4 Å². The van der Waals surface area contributed by atoms with Gasteiger partial charge in [0.15, 0.2) is 5.82 Å². The van der Waals surface area contributed by atoms with Crippen LogP contribution in [-0.4, -0.2) is 56.8 Å². The number of rotatable bonds is 3. The fourth-order valence-corrected chi connectivity index (χ4v) is 5.06. The van der Waals surface area contributed by atoms with Crippen molar-refractivity contribution in [1.29, 1.82) is 0 Å². The molecule has 6 heteroatoms. The van der Waals surface area contributed by atoms with E-state index in [0.717, 1.165) is 83.2 Å². The lowest BCUT2D eigenvalue weighted by Crippen LogP contribution is -2.44. The second-order valence-corrected chi connectivity index (χ2v) is 8.87. The molecular weight excluding hydrogens is 352 g/mol. The molecule has 2 saturated heterocycles. The van der Waals surface area contributed by atoms with E-state index < -0.39 is 0 Å². The summed E-state index contributed by atoms with van der Waals surface area (Å²) in [4.78, 5) is 35.3. The molecule has 1 atom stereocenters. The van der Waals surface area contributed by atoms with Crippen molar-refractivity contribution in [2.45, 2.75) is 84.2 Å². The predicted molar refractivity (Wildman–Crippen MR) is 108 cm³/mol. The van der Waals surface area contributed by atoms with E-state index in [1.54, 1.807) is 0 Å². The Bertz CT molecular complexity index is 733. The van der Waals surface area contributed by atoms with Gasteiger partial charge in [-0.15, -0.1) is 0 Å². The van der Waals surface area contributed by atoms with Gasteiger partial charge < -0.3 is 14.4 Å². The molecule has 2 amide bonds. The number of likely N-dealkylation sites (tertiary alicyclic amines) is 2. The lowest BCUT2D eigenvalue weighted by atomic mass is 9.99. The Morgan fingerprint density at radius 2 is 1.71 bits per heavy atom. The summed E-state index contributed by atoms with van der Waals surface area (Å²) in [6.45, 7) is 7.63. The van der Waals surface area contributed by atoms with Gasteiger partial charge in [0.2, 0.25) is 0 Å². The molecule has 6 nitrogen and oxygen atoms in total. The lowest BCUT2D eigenvalue weighted by Gasteiger charge is -2.35. The lowest BCUT2D eigenvalue weighted by molar-refractivity contribution is 0.0600. The summed E-state index contributed by atoms with van der Waals surface area (Å²) in [5.41, 5.74) is 1.54. The number of aromatic nitrogens is 2. The SMILES string of the molecule is CCC1CCCCN1C(=O)c1nc(C(=O)N2CCC(C)CC2)n2c1CCCC2. The van der Waals surface area contributed by atoms with Crippen LogP contribution in [0.25, 0.3) is 0 Å². The van der Waals surface area contributed by atoms with Crippen molar-refractivity contribution in [3.05, 3.63) is 17.2 Å². The summed E-state index contributed by atoms with van der Waals surface area (Å²) in [5, 5.41) is 0. The number of carbonyl (C=O) groups excluding carboxylic acids is 2. The molecule has 1 aromatic rings. The molecule has 0 aliphatic carbocycles. The van der Waals surface area contributed by atoms with Crippen LogP contribution in [0.1, 0.15) is 92.0 Å². The van der Waals surface area contributed by atoms with Gasteiger partial charge in [-0.25, -0.2) is 4.98 Å². The van der Waals surface area contributed by atoms with Crippen LogP contribution < -0.4 is 0 Å². The van der Waals surface area contributed by atoms with Gasteiger partial charge in [0, 0.05) is 32.2 Å². The molecular formula is C22H34N4O2. The Hall–Kier alpha value is -1.85. The Balaban J connectivity index is 1.63. The number of hydrogen-bond donors (Lipinski definition) is 0. The first-order valence-corrected chi connectivity index (χ1v) is 11.3. The van der Waals surface area contributed by atoms with Gasteiger partial charge in [0.1, 0.15) is 5.69 Å². The van der Waals surface area contributed by atoms with Crippen LogP contribution in [0.4, 0.5) is 0 Å². The highest BCUT2D eigenvalue weighted by Crippen LogP contribution is 2.27. The molecule has 4 heterocycles. The Labute approximate surface area is 168 Å². The van der Waals surface area contributed by atoms with E-state index in [0.29, 0.717) is 23.5 Å². The molecule has 1 unspecified atom stereocenters. The monoisotopic (exact) mass is 386 g/mol. The molecule has 28 heavy (non-hydrogen) atoms. The number of fused-ring (bicyclic) bond motifs is 1. The van der Waals surface area contributed by atoms with E-state index in [9.17, 15) is 9.59 Å². The number of carbonyl (C=O) groups is 2. The summed E-state index contributed by atoms with van der Waals surface area (Å²) >= 11 is 0. The second kappa shape index (κ2) is 8.26. The van der Waals surface area contributed by atoms with Crippen molar-refractivity contribution < 1.29 is 9.59 Å². The minimum atomic E-state index is 0.0137. The summed E-state index contributed by atoms with van der Waals surface area (Å²) < 4.78 is 2.06. The van der Waals surface area contributed by atoms with Gasteiger partial charge in [0.25, 0.3) is 11.8 Å². The highest BCUT2D eigenvalue weighted by Gasteiger charge is 2.34. The van der Waals surface area contributed by atoms with Gasteiger partial charge >= 0.3 is 0 Å². The van der Waals surface area contributed by atoms with Gasteiger partial charge in [-0.2, -0.15) is 0 Å².